The fourth-order valence-corrected chi connectivity index (χ4v) is 2.69. The third kappa shape index (κ3) is 2.54. The number of nitrogens with zero attached hydrogens (tertiary/aromatic N) is 2. The van der Waals surface area contributed by atoms with Crippen LogP contribution in [0.2, 0.25) is 0 Å². The molecule has 0 saturated carbocycles. The van der Waals surface area contributed by atoms with Crippen LogP contribution in [0.1, 0.15) is 12.8 Å². The first-order valence-corrected chi connectivity index (χ1v) is 6.06. The van der Waals surface area contributed by atoms with Crippen molar-refractivity contribution >= 4 is 28.7 Å². The lowest BCUT2D eigenvalue weighted by atomic mass is 9.98. The minimum Gasteiger partial charge on any atom is -0.346 e. The summed E-state index contributed by atoms with van der Waals surface area (Å²) in [5.41, 5.74) is 0. The van der Waals surface area contributed by atoms with Gasteiger partial charge in [-0.25, -0.2) is 0 Å². The van der Waals surface area contributed by atoms with Crippen molar-refractivity contribution in [2.24, 2.45) is 5.92 Å². The van der Waals surface area contributed by atoms with E-state index in [9.17, 15) is 13.2 Å². The van der Waals surface area contributed by atoms with Gasteiger partial charge in [-0.1, -0.05) is 11.3 Å². The van der Waals surface area contributed by atoms with E-state index in [0.717, 1.165) is 0 Å². The largest absolute Gasteiger partial charge is 0.393 e. The smallest absolute Gasteiger partial charge is 0.346 e. The molecule has 8 heteroatoms. The van der Waals surface area contributed by atoms with Crippen molar-refractivity contribution in [1.29, 1.82) is 0 Å². The summed E-state index contributed by atoms with van der Waals surface area (Å²) in [6.45, 7) is 0.600. The molecule has 1 atom stereocenters. The van der Waals surface area contributed by atoms with Crippen LogP contribution in [0.3, 0.4) is 0 Å². The Kier molecular flexibility index (Phi) is 3.20. The maximum Gasteiger partial charge on any atom is 0.393 e. The van der Waals surface area contributed by atoms with Gasteiger partial charge in [0.05, 0.1) is 5.92 Å². The van der Waals surface area contributed by atoms with Crippen molar-refractivity contribution in [2.45, 2.75) is 19.0 Å². The van der Waals surface area contributed by atoms with E-state index in [1.54, 1.807) is 4.90 Å². The van der Waals surface area contributed by atoms with E-state index >= 15 is 0 Å². The summed E-state index contributed by atoms with van der Waals surface area (Å²) in [7, 11) is 0. The molecule has 2 rings (SSSR count). The second-order valence-electron chi connectivity index (χ2n) is 3.72. The van der Waals surface area contributed by atoms with E-state index in [-0.39, 0.29) is 13.0 Å². The van der Waals surface area contributed by atoms with Crippen LogP contribution >= 0.6 is 23.6 Å². The molecular formula is C8H10F3N3S2. The van der Waals surface area contributed by atoms with Crippen LogP contribution in [-0.2, 0) is 0 Å². The molecule has 0 aliphatic carbocycles. The van der Waals surface area contributed by atoms with Gasteiger partial charge in [0.2, 0.25) is 5.13 Å². The Morgan fingerprint density at radius 2 is 2.25 bits per heavy atom. The molecule has 0 radical (unpaired) electrons. The predicted molar refractivity (Wildman–Crippen MR) is 58.3 cm³/mol. The normalized spacial score (nSPS) is 22.4. The Labute approximate surface area is 99.3 Å². The van der Waals surface area contributed by atoms with Crippen molar-refractivity contribution in [1.82, 2.24) is 10.2 Å². The highest BCUT2D eigenvalue weighted by Crippen LogP contribution is 2.35. The Bertz CT molecular complexity index is 411. The van der Waals surface area contributed by atoms with Crippen molar-refractivity contribution in [3.8, 4) is 0 Å². The molecule has 1 aromatic heterocycles. The van der Waals surface area contributed by atoms with E-state index in [4.69, 9.17) is 12.2 Å². The lowest BCUT2D eigenvalue weighted by molar-refractivity contribution is -0.175. The van der Waals surface area contributed by atoms with Gasteiger partial charge in [0.25, 0.3) is 0 Å². The van der Waals surface area contributed by atoms with Gasteiger partial charge in [0.15, 0.2) is 3.95 Å². The Hall–Kier alpha value is -0.630. The van der Waals surface area contributed by atoms with E-state index in [2.05, 4.69) is 10.2 Å². The number of nitrogens with one attached hydrogen (secondary N) is 1. The minimum atomic E-state index is -4.11. The number of aromatic nitrogens is 2. The van der Waals surface area contributed by atoms with Crippen LogP contribution in [0, 0.1) is 9.87 Å². The summed E-state index contributed by atoms with van der Waals surface area (Å²) in [6, 6.07) is 0. The summed E-state index contributed by atoms with van der Waals surface area (Å²) in [4.78, 5) is 1.65. The Morgan fingerprint density at radius 3 is 2.81 bits per heavy atom. The molecular weight excluding hydrogens is 259 g/mol. The van der Waals surface area contributed by atoms with Gasteiger partial charge in [0.1, 0.15) is 0 Å². The number of halogens is 3. The van der Waals surface area contributed by atoms with E-state index < -0.39 is 12.1 Å². The molecule has 16 heavy (non-hydrogen) atoms. The van der Waals surface area contributed by atoms with Crippen molar-refractivity contribution in [2.75, 3.05) is 18.0 Å². The number of rotatable bonds is 1. The van der Waals surface area contributed by atoms with Gasteiger partial charge in [-0.05, 0) is 25.1 Å². The molecule has 0 bridgehead atoms. The van der Waals surface area contributed by atoms with Crippen molar-refractivity contribution < 1.29 is 13.2 Å². The number of hydrogen-bond donors (Lipinski definition) is 1. The van der Waals surface area contributed by atoms with E-state index in [0.29, 0.717) is 22.1 Å². The molecule has 1 aromatic rings. The maximum absolute atomic E-state index is 12.6. The molecule has 90 valence electrons. The highest BCUT2D eigenvalue weighted by atomic mass is 32.1. The lowest BCUT2D eigenvalue weighted by Gasteiger charge is -2.33. The van der Waals surface area contributed by atoms with Crippen LogP contribution in [0.25, 0.3) is 0 Å². The summed E-state index contributed by atoms with van der Waals surface area (Å²) >= 11 is 6.07. The summed E-state index contributed by atoms with van der Waals surface area (Å²) in [5, 5.41) is 7.04. The highest BCUT2D eigenvalue weighted by Gasteiger charge is 2.42. The Balaban J connectivity index is 2.10. The lowest BCUT2D eigenvalue weighted by Crippen LogP contribution is -2.41. The van der Waals surface area contributed by atoms with E-state index in [1.165, 1.54) is 11.3 Å². The standard InChI is InChI=1S/C8H10F3N3S2/c9-8(10,11)5-2-1-3-14(4-5)6-12-13-7(15)16-6/h5H,1-4H2,(H,13,15). The van der Waals surface area contributed by atoms with Crippen LogP contribution in [0.4, 0.5) is 18.3 Å². The van der Waals surface area contributed by atoms with Gasteiger partial charge < -0.3 is 4.90 Å². The highest BCUT2D eigenvalue weighted by molar-refractivity contribution is 7.73. The van der Waals surface area contributed by atoms with Gasteiger partial charge >= 0.3 is 6.18 Å². The minimum absolute atomic E-state index is 0.0143. The molecule has 1 unspecified atom stereocenters. The SMILES string of the molecule is FC(F)(F)C1CCCN(c2n[nH]c(=S)s2)C1. The molecule has 1 N–H and O–H groups in total. The molecule has 1 aliphatic rings. The summed E-state index contributed by atoms with van der Waals surface area (Å²) < 4.78 is 38.2. The maximum atomic E-state index is 12.6. The van der Waals surface area contributed by atoms with Gasteiger partial charge in [-0.3, -0.25) is 5.10 Å². The number of H-pyrrole nitrogens is 1. The second-order valence-corrected chi connectivity index (χ2v) is 5.37. The summed E-state index contributed by atoms with van der Waals surface area (Å²) in [5.74, 6) is -1.25. The molecule has 2 heterocycles. The second kappa shape index (κ2) is 4.33. The monoisotopic (exact) mass is 269 g/mol. The quantitative estimate of drug-likeness (QED) is 0.795. The average molecular weight is 269 g/mol. The fraction of sp³-hybridized carbons (Fsp3) is 0.750. The van der Waals surface area contributed by atoms with Crippen LogP contribution in [0.5, 0.6) is 0 Å². The summed E-state index contributed by atoms with van der Waals surface area (Å²) in [6.07, 6.45) is -3.37. The zero-order chi connectivity index (χ0) is 11.8. The third-order valence-corrected chi connectivity index (χ3v) is 3.73. The van der Waals surface area contributed by atoms with Crippen LogP contribution < -0.4 is 4.90 Å². The van der Waals surface area contributed by atoms with Crippen LogP contribution in [-0.4, -0.2) is 29.5 Å². The molecule has 0 spiro atoms. The topological polar surface area (TPSA) is 31.9 Å². The molecule has 1 fully saturated rings. The number of hydrogen-bond acceptors (Lipinski definition) is 4. The number of aromatic amines is 1. The predicted octanol–water partition coefficient (Wildman–Crippen LogP) is 2.98. The molecule has 3 nitrogen and oxygen atoms in total. The van der Waals surface area contributed by atoms with Crippen molar-refractivity contribution in [3.63, 3.8) is 0 Å². The zero-order valence-corrected chi connectivity index (χ0v) is 9.88. The first-order valence-electron chi connectivity index (χ1n) is 4.84. The van der Waals surface area contributed by atoms with Gasteiger partial charge in [0, 0.05) is 13.1 Å². The van der Waals surface area contributed by atoms with Gasteiger partial charge in [-0.2, -0.15) is 13.2 Å². The molecule has 1 aliphatic heterocycles. The average Bonchev–Trinajstić information content (AvgIpc) is 2.64. The van der Waals surface area contributed by atoms with Crippen LogP contribution in [0.15, 0.2) is 0 Å². The number of anilines is 1. The molecule has 1 saturated heterocycles. The first kappa shape index (κ1) is 11.8. The Morgan fingerprint density at radius 1 is 1.50 bits per heavy atom. The molecule has 0 amide bonds. The number of alkyl halides is 3. The zero-order valence-electron chi connectivity index (χ0n) is 8.25. The third-order valence-electron chi connectivity index (χ3n) is 2.58. The number of piperidine rings is 1. The first-order chi connectivity index (χ1) is 7.47. The van der Waals surface area contributed by atoms with Crippen molar-refractivity contribution in [3.05, 3.63) is 3.95 Å². The van der Waals surface area contributed by atoms with E-state index in [1.807, 2.05) is 0 Å². The molecule has 0 aromatic carbocycles. The van der Waals surface area contributed by atoms with Gasteiger partial charge in [-0.15, -0.1) is 5.10 Å². The fourth-order valence-electron chi connectivity index (χ4n) is 1.78.